The molecule has 8 heteroatoms. The molecule has 0 radical (unpaired) electrons. The summed E-state index contributed by atoms with van der Waals surface area (Å²) in [6.07, 6.45) is 0.471. The van der Waals surface area contributed by atoms with Gasteiger partial charge in [-0.2, -0.15) is 0 Å². The topological polar surface area (TPSA) is 122 Å². The summed E-state index contributed by atoms with van der Waals surface area (Å²) in [6, 6.07) is 26.9. The predicted molar refractivity (Wildman–Crippen MR) is 162 cm³/mol. The maximum absolute atomic E-state index is 13.7. The smallest absolute Gasteiger partial charge is 0.314 e. The van der Waals surface area contributed by atoms with Crippen LogP contribution in [0.4, 0.5) is 0 Å². The number of ketones is 1. The molecule has 0 fully saturated rings. The van der Waals surface area contributed by atoms with E-state index in [1.165, 1.54) is 0 Å². The van der Waals surface area contributed by atoms with E-state index in [0.29, 0.717) is 12.8 Å². The Morgan fingerprint density at radius 3 is 1.67 bits per heavy atom. The van der Waals surface area contributed by atoms with E-state index in [9.17, 15) is 19.2 Å². The van der Waals surface area contributed by atoms with Crippen molar-refractivity contribution in [2.24, 2.45) is 23.0 Å². The Morgan fingerprint density at radius 1 is 0.674 bits per heavy atom. The lowest BCUT2D eigenvalue weighted by Gasteiger charge is -2.24. The lowest BCUT2D eigenvalue weighted by molar-refractivity contribution is -0.175. The summed E-state index contributed by atoms with van der Waals surface area (Å²) in [5.41, 5.74) is 8.13. The number of carbonyl (C=O) groups is 4. The zero-order chi connectivity index (χ0) is 31.2. The van der Waals surface area contributed by atoms with Crippen LogP contribution in [-0.4, -0.2) is 36.5 Å². The molecule has 3 unspecified atom stereocenters. The van der Waals surface area contributed by atoms with E-state index in [1.54, 1.807) is 20.8 Å². The fraction of sp³-hybridized carbons (Fsp3) is 0.371. The van der Waals surface area contributed by atoms with Crippen LogP contribution in [-0.2, 0) is 52.8 Å². The van der Waals surface area contributed by atoms with Gasteiger partial charge in [-0.25, -0.2) is 0 Å². The van der Waals surface area contributed by atoms with Crippen molar-refractivity contribution in [3.8, 4) is 0 Å². The summed E-state index contributed by atoms with van der Waals surface area (Å²) in [4.78, 5) is 51.8. The van der Waals surface area contributed by atoms with E-state index >= 15 is 0 Å². The molecule has 3 aromatic carbocycles. The predicted octanol–water partition coefficient (Wildman–Crippen LogP) is 5.21. The molecule has 43 heavy (non-hydrogen) atoms. The van der Waals surface area contributed by atoms with Crippen LogP contribution < -0.4 is 5.73 Å². The zero-order valence-corrected chi connectivity index (χ0v) is 25.1. The van der Waals surface area contributed by atoms with Gasteiger partial charge in [0.25, 0.3) is 0 Å². The van der Waals surface area contributed by atoms with Crippen LogP contribution in [0.3, 0.4) is 0 Å². The molecule has 0 amide bonds. The van der Waals surface area contributed by atoms with Gasteiger partial charge in [0.05, 0.1) is 23.8 Å². The Hall–Kier alpha value is -4.30. The quantitative estimate of drug-likeness (QED) is 0.190. The molecule has 0 saturated carbocycles. The first-order chi connectivity index (χ1) is 20.5. The fourth-order valence-corrected chi connectivity index (χ4v) is 4.56. The second-order valence-corrected chi connectivity index (χ2v) is 11.6. The number of esters is 3. The third-order valence-electron chi connectivity index (χ3n) is 6.95. The Kier molecular flexibility index (Phi) is 12.6. The lowest BCUT2D eigenvalue weighted by Crippen LogP contribution is -2.40. The van der Waals surface area contributed by atoms with Crippen LogP contribution in [0.5, 0.6) is 0 Å². The number of ether oxygens (including phenoxy) is 3. The minimum Gasteiger partial charge on any atom is -0.461 e. The number of benzene rings is 3. The Balaban J connectivity index is 1.75. The van der Waals surface area contributed by atoms with Crippen molar-refractivity contribution < 1.29 is 33.4 Å². The van der Waals surface area contributed by atoms with Gasteiger partial charge in [0.2, 0.25) is 6.79 Å². The molecular formula is C35H41NO7. The number of Topliss-reactive ketones (excluding diaryl/α,β-unsaturated/α-hetero) is 1. The van der Waals surface area contributed by atoms with Crippen molar-refractivity contribution in [3.05, 3.63) is 108 Å². The van der Waals surface area contributed by atoms with Gasteiger partial charge in [-0.3, -0.25) is 19.2 Å². The molecule has 0 aliphatic carbocycles. The number of nitrogens with two attached hydrogens (primary N) is 1. The van der Waals surface area contributed by atoms with Crippen LogP contribution in [0.25, 0.3) is 0 Å². The van der Waals surface area contributed by atoms with Gasteiger partial charge in [0, 0.05) is 5.92 Å². The molecule has 0 heterocycles. The van der Waals surface area contributed by atoms with Crippen molar-refractivity contribution in [2.75, 3.05) is 6.79 Å². The molecule has 8 nitrogen and oxygen atoms in total. The number of carbonyl (C=O) groups excluding carboxylic acids is 4. The van der Waals surface area contributed by atoms with Gasteiger partial charge in [-0.15, -0.1) is 0 Å². The van der Waals surface area contributed by atoms with Crippen molar-refractivity contribution in [1.82, 2.24) is 0 Å². The van der Waals surface area contributed by atoms with E-state index in [0.717, 1.165) is 16.7 Å². The Bertz CT molecular complexity index is 1320. The highest BCUT2D eigenvalue weighted by Gasteiger charge is 2.33. The summed E-state index contributed by atoms with van der Waals surface area (Å²) in [5.74, 6) is -3.42. The highest BCUT2D eigenvalue weighted by molar-refractivity contribution is 5.90. The molecular weight excluding hydrogens is 546 g/mol. The summed E-state index contributed by atoms with van der Waals surface area (Å²) >= 11 is 0. The molecule has 2 N–H and O–H groups in total. The summed E-state index contributed by atoms with van der Waals surface area (Å²) in [6.45, 7) is 4.67. The third-order valence-corrected chi connectivity index (χ3v) is 6.95. The highest BCUT2D eigenvalue weighted by atomic mass is 16.7. The average molecular weight is 588 g/mol. The van der Waals surface area contributed by atoms with Gasteiger partial charge >= 0.3 is 17.9 Å². The maximum atomic E-state index is 13.7. The number of hydrogen-bond donors (Lipinski definition) is 1. The van der Waals surface area contributed by atoms with E-state index in [2.05, 4.69) is 0 Å². The Morgan fingerprint density at radius 2 is 1.16 bits per heavy atom. The first-order valence-electron chi connectivity index (χ1n) is 14.4. The van der Waals surface area contributed by atoms with Crippen LogP contribution in [0, 0.1) is 17.3 Å². The second kappa shape index (κ2) is 16.4. The van der Waals surface area contributed by atoms with Gasteiger partial charge < -0.3 is 19.9 Å². The molecule has 0 aliphatic rings. The largest absolute Gasteiger partial charge is 0.461 e. The first kappa shape index (κ1) is 33.2. The normalized spacial score (nSPS) is 13.3. The molecule has 0 saturated heterocycles. The van der Waals surface area contributed by atoms with Gasteiger partial charge in [0.1, 0.15) is 6.61 Å². The molecule has 3 atom stereocenters. The first-order valence-corrected chi connectivity index (χ1v) is 14.4. The average Bonchev–Trinajstić information content (AvgIpc) is 2.99. The molecule has 0 spiro atoms. The molecule has 228 valence electrons. The van der Waals surface area contributed by atoms with Crippen molar-refractivity contribution in [2.45, 2.75) is 59.1 Å². The van der Waals surface area contributed by atoms with Crippen molar-refractivity contribution in [3.63, 3.8) is 0 Å². The molecule has 0 aromatic heterocycles. The monoisotopic (exact) mass is 587 g/mol. The van der Waals surface area contributed by atoms with Crippen molar-refractivity contribution in [1.29, 1.82) is 0 Å². The summed E-state index contributed by atoms with van der Waals surface area (Å²) in [7, 11) is 0. The minimum atomic E-state index is -1.11. The summed E-state index contributed by atoms with van der Waals surface area (Å²) in [5, 5.41) is 0. The van der Waals surface area contributed by atoms with E-state index < -0.39 is 48.0 Å². The van der Waals surface area contributed by atoms with Crippen LogP contribution in [0.1, 0.15) is 50.3 Å². The molecule has 3 aromatic rings. The third kappa shape index (κ3) is 11.5. The lowest BCUT2D eigenvalue weighted by atomic mass is 9.81. The molecule has 0 bridgehead atoms. The molecule has 3 rings (SSSR count). The Labute approximate surface area is 253 Å². The van der Waals surface area contributed by atoms with Crippen LogP contribution in [0.2, 0.25) is 0 Å². The van der Waals surface area contributed by atoms with Gasteiger partial charge in [-0.1, -0.05) is 91.0 Å². The maximum Gasteiger partial charge on any atom is 0.314 e. The van der Waals surface area contributed by atoms with Crippen LogP contribution in [0.15, 0.2) is 91.0 Å². The molecule has 0 aliphatic heterocycles. The summed E-state index contributed by atoms with van der Waals surface area (Å²) < 4.78 is 15.9. The fourth-order valence-electron chi connectivity index (χ4n) is 4.56. The van der Waals surface area contributed by atoms with Gasteiger partial charge in [-0.05, 0) is 56.7 Å². The van der Waals surface area contributed by atoms with E-state index in [-0.39, 0.29) is 25.2 Å². The number of hydrogen-bond acceptors (Lipinski definition) is 8. The SMILES string of the molecule is CC(C)(C)C(=O)OCOC(=O)C(Cc1ccccc1)CC(Cc1ccccc1)C(=O)C(N)CC(=O)OCc1ccccc1. The zero-order valence-electron chi connectivity index (χ0n) is 25.1. The van der Waals surface area contributed by atoms with E-state index in [1.807, 2.05) is 91.0 Å². The minimum absolute atomic E-state index is 0.0821. The highest BCUT2D eigenvalue weighted by Crippen LogP contribution is 2.25. The number of rotatable bonds is 15. The van der Waals surface area contributed by atoms with E-state index in [4.69, 9.17) is 19.9 Å². The van der Waals surface area contributed by atoms with Crippen LogP contribution >= 0.6 is 0 Å². The van der Waals surface area contributed by atoms with Gasteiger partial charge in [0.15, 0.2) is 5.78 Å². The standard InChI is InChI=1S/C35H41NO7/c1-35(2,3)34(40)43-24-42-33(39)29(20-26-15-9-5-10-16-26)21-28(19-25-13-7-4-8-14-25)32(38)30(36)22-31(37)41-23-27-17-11-6-12-18-27/h4-18,28-30H,19-24,36H2,1-3H3. The van der Waals surface area contributed by atoms with Crippen molar-refractivity contribution >= 4 is 23.7 Å². The second-order valence-electron chi connectivity index (χ2n) is 11.6.